The summed E-state index contributed by atoms with van der Waals surface area (Å²) < 4.78 is 14.2. The number of carbonyl (C=O) groups is 2. The van der Waals surface area contributed by atoms with Gasteiger partial charge in [-0.25, -0.2) is 9.37 Å². The Morgan fingerprint density at radius 3 is 2.60 bits per heavy atom. The number of carbonyl (C=O) groups excluding carboxylic acids is 2. The van der Waals surface area contributed by atoms with Gasteiger partial charge in [-0.05, 0) is 18.2 Å². The largest absolute Gasteiger partial charge is 0.326 e. The van der Waals surface area contributed by atoms with Crippen LogP contribution in [0.25, 0.3) is 11.3 Å². The fourth-order valence-electron chi connectivity index (χ4n) is 1.90. The van der Waals surface area contributed by atoms with E-state index in [1.807, 2.05) is 20.8 Å². The van der Waals surface area contributed by atoms with Crippen LogP contribution in [0.5, 0.6) is 0 Å². The first-order valence-corrected chi connectivity index (χ1v) is 9.47. The average molecular weight is 381 g/mol. The highest BCUT2D eigenvalue weighted by Crippen LogP contribution is 2.29. The third-order valence-corrected chi connectivity index (χ3v) is 4.98. The van der Waals surface area contributed by atoms with E-state index in [9.17, 15) is 14.0 Å². The van der Waals surface area contributed by atoms with Crippen LogP contribution in [0.1, 0.15) is 27.7 Å². The third-order valence-electron chi connectivity index (χ3n) is 2.95. The van der Waals surface area contributed by atoms with Gasteiger partial charge in [0.1, 0.15) is 5.82 Å². The van der Waals surface area contributed by atoms with Crippen molar-refractivity contribution < 1.29 is 14.0 Å². The summed E-state index contributed by atoms with van der Waals surface area (Å²) in [6.07, 6.45) is 0. The number of aromatic nitrogens is 1. The molecule has 2 amide bonds. The van der Waals surface area contributed by atoms with Crippen LogP contribution >= 0.6 is 23.1 Å². The normalized spacial score (nSPS) is 11.2. The van der Waals surface area contributed by atoms with Gasteiger partial charge in [-0.1, -0.05) is 20.8 Å². The molecule has 0 fully saturated rings. The summed E-state index contributed by atoms with van der Waals surface area (Å²) in [6.45, 7) is 7.48. The van der Waals surface area contributed by atoms with Crippen LogP contribution in [0.3, 0.4) is 0 Å². The molecule has 0 spiro atoms. The van der Waals surface area contributed by atoms with Crippen molar-refractivity contribution in [1.29, 1.82) is 0 Å². The maximum atomic E-state index is 14.2. The van der Waals surface area contributed by atoms with E-state index in [1.165, 1.54) is 24.3 Å². The summed E-state index contributed by atoms with van der Waals surface area (Å²) in [6, 6.07) is 4.41. The molecule has 0 saturated heterocycles. The van der Waals surface area contributed by atoms with E-state index in [-0.39, 0.29) is 16.6 Å². The summed E-state index contributed by atoms with van der Waals surface area (Å²) in [4.78, 5) is 27.2. The van der Waals surface area contributed by atoms with E-state index in [4.69, 9.17) is 0 Å². The first kappa shape index (κ1) is 19.4. The summed E-state index contributed by atoms with van der Waals surface area (Å²) >= 11 is 2.78. The first-order valence-electron chi connectivity index (χ1n) is 7.61. The zero-order chi connectivity index (χ0) is 18.6. The second-order valence-corrected chi connectivity index (χ2v) is 9.02. The molecule has 8 heteroatoms. The van der Waals surface area contributed by atoms with Crippen LogP contribution in [0.4, 0.5) is 15.2 Å². The van der Waals surface area contributed by atoms with Gasteiger partial charge in [-0.15, -0.1) is 23.1 Å². The highest BCUT2D eigenvalue weighted by molar-refractivity contribution is 8.01. The van der Waals surface area contributed by atoms with Gasteiger partial charge in [0.2, 0.25) is 11.8 Å². The Labute approximate surface area is 154 Å². The van der Waals surface area contributed by atoms with Gasteiger partial charge >= 0.3 is 0 Å². The zero-order valence-electron chi connectivity index (χ0n) is 14.5. The molecule has 5 nitrogen and oxygen atoms in total. The second kappa shape index (κ2) is 7.97. The minimum Gasteiger partial charge on any atom is -0.326 e. The van der Waals surface area contributed by atoms with Crippen molar-refractivity contribution in [3.05, 3.63) is 29.4 Å². The van der Waals surface area contributed by atoms with Crippen molar-refractivity contribution in [3.8, 4) is 11.3 Å². The SMILES string of the molecule is CC(=O)Nc1ccc(-c2csc(NC(=O)CSC(C)(C)C)n2)c(F)c1. The number of hydrogen-bond acceptors (Lipinski definition) is 5. The zero-order valence-corrected chi connectivity index (χ0v) is 16.1. The van der Waals surface area contributed by atoms with E-state index in [0.29, 0.717) is 27.8 Å². The highest BCUT2D eigenvalue weighted by Gasteiger charge is 2.15. The van der Waals surface area contributed by atoms with Crippen LogP contribution in [0.2, 0.25) is 0 Å². The van der Waals surface area contributed by atoms with Gasteiger partial charge in [-0.2, -0.15) is 0 Å². The molecule has 0 saturated carbocycles. The minimum absolute atomic E-state index is 0.00413. The third kappa shape index (κ3) is 6.13. The number of thioether (sulfide) groups is 1. The molecule has 0 unspecified atom stereocenters. The molecule has 134 valence electrons. The number of hydrogen-bond donors (Lipinski definition) is 2. The molecule has 0 aliphatic rings. The molecule has 0 aliphatic heterocycles. The molecule has 0 aliphatic carbocycles. The quantitative estimate of drug-likeness (QED) is 0.806. The molecule has 2 aromatic rings. The minimum atomic E-state index is -0.488. The standard InChI is InChI=1S/C17H20FN3O2S2/c1-10(22)19-11-5-6-12(13(18)7-11)14-8-24-16(20-14)21-15(23)9-25-17(2,3)4/h5-8H,9H2,1-4H3,(H,19,22)(H,20,21,23). The Bertz CT molecular complexity index is 784. The maximum absolute atomic E-state index is 14.2. The summed E-state index contributed by atoms with van der Waals surface area (Å²) in [7, 11) is 0. The molecule has 2 rings (SSSR count). The van der Waals surface area contributed by atoms with Crippen molar-refractivity contribution in [2.75, 3.05) is 16.4 Å². The van der Waals surface area contributed by atoms with Gasteiger partial charge < -0.3 is 10.6 Å². The van der Waals surface area contributed by atoms with Crippen molar-refractivity contribution in [1.82, 2.24) is 4.98 Å². The van der Waals surface area contributed by atoms with Gasteiger partial charge in [-0.3, -0.25) is 9.59 Å². The molecule has 1 heterocycles. The number of nitrogens with zero attached hydrogens (tertiary/aromatic N) is 1. The number of halogens is 1. The fourth-order valence-corrected chi connectivity index (χ4v) is 3.26. The van der Waals surface area contributed by atoms with Crippen LogP contribution in [0, 0.1) is 5.82 Å². The highest BCUT2D eigenvalue weighted by atomic mass is 32.2. The number of benzene rings is 1. The average Bonchev–Trinajstić information content (AvgIpc) is 2.92. The summed E-state index contributed by atoms with van der Waals surface area (Å²) in [5.41, 5.74) is 1.14. The molecule has 1 aromatic carbocycles. The molecule has 0 atom stereocenters. The van der Waals surface area contributed by atoms with Gasteiger partial charge in [0.15, 0.2) is 5.13 Å². The summed E-state index contributed by atoms with van der Waals surface area (Å²) in [5.74, 6) is -0.558. The Morgan fingerprint density at radius 2 is 2.00 bits per heavy atom. The van der Waals surface area contributed by atoms with Gasteiger partial charge in [0, 0.05) is 28.3 Å². The van der Waals surface area contributed by atoms with E-state index in [0.717, 1.165) is 0 Å². The molecule has 0 bridgehead atoms. The van der Waals surface area contributed by atoms with E-state index < -0.39 is 5.82 Å². The Morgan fingerprint density at radius 1 is 1.28 bits per heavy atom. The monoisotopic (exact) mass is 381 g/mol. The molecular formula is C17H20FN3O2S2. The van der Waals surface area contributed by atoms with Crippen molar-refractivity contribution in [3.63, 3.8) is 0 Å². The number of rotatable bonds is 5. The first-order chi connectivity index (χ1) is 11.6. The predicted molar refractivity (Wildman–Crippen MR) is 103 cm³/mol. The lowest BCUT2D eigenvalue weighted by Crippen LogP contribution is -2.18. The maximum Gasteiger partial charge on any atom is 0.236 e. The Balaban J connectivity index is 2.06. The Kier molecular flexibility index (Phi) is 6.18. The van der Waals surface area contributed by atoms with Gasteiger partial charge in [0.05, 0.1) is 11.4 Å². The molecule has 1 aromatic heterocycles. The van der Waals surface area contributed by atoms with Crippen molar-refractivity contribution >= 4 is 45.7 Å². The predicted octanol–water partition coefficient (Wildman–Crippen LogP) is 4.38. The fraction of sp³-hybridized carbons (Fsp3) is 0.353. The van der Waals surface area contributed by atoms with E-state index >= 15 is 0 Å². The molecule has 0 radical (unpaired) electrons. The molecule has 25 heavy (non-hydrogen) atoms. The van der Waals surface area contributed by atoms with Crippen molar-refractivity contribution in [2.24, 2.45) is 0 Å². The summed E-state index contributed by atoms with van der Waals surface area (Å²) in [5, 5.41) is 7.37. The lowest BCUT2D eigenvalue weighted by molar-refractivity contribution is -0.114. The van der Waals surface area contributed by atoms with E-state index in [2.05, 4.69) is 15.6 Å². The molecular weight excluding hydrogens is 361 g/mol. The number of amides is 2. The van der Waals surface area contributed by atoms with E-state index in [1.54, 1.807) is 29.3 Å². The lowest BCUT2D eigenvalue weighted by atomic mass is 10.1. The van der Waals surface area contributed by atoms with Crippen LogP contribution < -0.4 is 10.6 Å². The number of thiazole rings is 1. The number of anilines is 2. The smallest absolute Gasteiger partial charge is 0.236 e. The molecule has 2 N–H and O–H groups in total. The second-order valence-electron chi connectivity index (χ2n) is 6.36. The Hall–Kier alpha value is -1.93. The lowest BCUT2D eigenvalue weighted by Gasteiger charge is -2.16. The number of nitrogens with one attached hydrogen (secondary N) is 2. The van der Waals surface area contributed by atoms with Gasteiger partial charge in [0.25, 0.3) is 0 Å². The van der Waals surface area contributed by atoms with Crippen LogP contribution in [-0.4, -0.2) is 27.3 Å². The van der Waals surface area contributed by atoms with Crippen molar-refractivity contribution in [2.45, 2.75) is 32.4 Å². The van der Waals surface area contributed by atoms with Crippen LogP contribution in [0.15, 0.2) is 23.6 Å². The topological polar surface area (TPSA) is 71.1 Å². The van der Waals surface area contributed by atoms with Crippen LogP contribution in [-0.2, 0) is 9.59 Å².